The molecule has 0 fully saturated rings. The molecule has 2 aromatic carbocycles. The van der Waals surface area contributed by atoms with Crippen LogP contribution in [0, 0.1) is 0 Å². The van der Waals surface area contributed by atoms with E-state index in [4.69, 9.17) is 0 Å². The smallest absolute Gasteiger partial charge is 0.255 e. The van der Waals surface area contributed by atoms with Crippen LogP contribution in [-0.2, 0) is 11.2 Å². The molecule has 1 aromatic heterocycles. The number of carbonyl (C=O) groups is 2. The highest BCUT2D eigenvalue weighted by Crippen LogP contribution is 2.33. The van der Waals surface area contributed by atoms with Gasteiger partial charge in [-0.3, -0.25) is 9.59 Å². The maximum atomic E-state index is 12.7. The Morgan fingerprint density at radius 1 is 0.964 bits per heavy atom. The summed E-state index contributed by atoms with van der Waals surface area (Å²) < 4.78 is 0. The molecular formula is C22H20N4O2. The van der Waals surface area contributed by atoms with Gasteiger partial charge in [-0.15, -0.1) is 0 Å². The molecule has 3 aromatic rings. The van der Waals surface area contributed by atoms with Gasteiger partial charge in [0, 0.05) is 42.3 Å². The number of rotatable bonds is 4. The Kier molecular flexibility index (Phi) is 4.76. The lowest BCUT2D eigenvalue weighted by Gasteiger charge is -2.18. The van der Waals surface area contributed by atoms with E-state index in [1.165, 1.54) is 12.5 Å². The number of carbonyl (C=O) groups excluding carboxylic acids is 2. The van der Waals surface area contributed by atoms with E-state index in [0.29, 0.717) is 16.9 Å². The lowest BCUT2D eigenvalue weighted by atomic mass is 10.2. The third-order valence-electron chi connectivity index (χ3n) is 4.61. The second-order valence-corrected chi connectivity index (χ2v) is 6.65. The maximum Gasteiger partial charge on any atom is 0.255 e. The van der Waals surface area contributed by atoms with Crippen molar-refractivity contribution in [2.75, 3.05) is 22.1 Å². The van der Waals surface area contributed by atoms with Gasteiger partial charge in [0.25, 0.3) is 5.91 Å². The number of fused-ring (bicyclic) bond motifs is 1. The van der Waals surface area contributed by atoms with Crippen LogP contribution < -0.4 is 15.5 Å². The summed E-state index contributed by atoms with van der Waals surface area (Å²) in [7, 11) is 0. The van der Waals surface area contributed by atoms with Crippen LogP contribution in [0.2, 0.25) is 0 Å². The van der Waals surface area contributed by atoms with Crippen LogP contribution in [0.15, 0.2) is 66.9 Å². The fourth-order valence-corrected chi connectivity index (χ4v) is 3.36. The highest BCUT2D eigenvalue weighted by Gasteiger charge is 2.21. The van der Waals surface area contributed by atoms with Crippen molar-refractivity contribution >= 4 is 34.7 Å². The van der Waals surface area contributed by atoms with Gasteiger partial charge in [-0.05, 0) is 48.4 Å². The van der Waals surface area contributed by atoms with Crippen LogP contribution in [0.3, 0.4) is 0 Å². The average Bonchev–Trinajstić information content (AvgIpc) is 3.12. The van der Waals surface area contributed by atoms with Crippen LogP contribution in [0.5, 0.6) is 0 Å². The number of amides is 2. The number of nitrogens with zero attached hydrogens (tertiary/aromatic N) is 2. The normalized spacial score (nSPS) is 12.4. The zero-order valence-electron chi connectivity index (χ0n) is 15.5. The Morgan fingerprint density at radius 2 is 1.75 bits per heavy atom. The zero-order chi connectivity index (χ0) is 19.5. The van der Waals surface area contributed by atoms with Gasteiger partial charge in [0.05, 0.1) is 0 Å². The van der Waals surface area contributed by atoms with Crippen molar-refractivity contribution in [3.8, 4) is 0 Å². The summed E-state index contributed by atoms with van der Waals surface area (Å²) in [6.07, 6.45) is 2.61. The van der Waals surface area contributed by atoms with Gasteiger partial charge in [0.2, 0.25) is 5.91 Å². The number of hydrogen-bond donors (Lipinski definition) is 2. The predicted octanol–water partition coefficient (Wildman–Crippen LogP) is 3.99. The first-order chi connectivity index (χ1) is 13.6. The maximum absolute atomic E-state index is 12.7. The van der Waals surface area contributed by atoms with Crippen molar-refractivity contribution in [3.05, 3.63) is 78.0 Å². The SMILES string of the molecule is CC(=O)Nc1cccc(NC(=O)c2ccnc(N3CCc4ccccc43)c2)c1. The Morgan fingerprint density at radius 3 is 2.57 bits per heavy atom. The highest BCUT2D eigenvalue weighted by atomic mass is 16.2. The Hall–Kier alpha value is -3.67. The number of hydrogen-bond acceptors (Lipinski definition) is 4. The van der Waals surface area contributed by atoms with E-state index >= 15 is 0 Å². The van der Waals surface area contributed by atoms with E-state index in [1.54, 1.807) is 42.6 Å². The molecule has 2 heterocycles. The topological polar surface area (TPSA) is 74.3 Å². The fourth-order valence-electron chi connectivity index (χ4n) is 3.36. The molecule has 0 radical (unpaired) electrons. The van der Waals surface area contributed by atoms with E-state index in [9.17, 15) is 9.59 Å². The molecule has 0 unspecified atom stereocenters. The molecule has 1 aliphatic rings. The molecule has 2 N–H and O–H groups in total. The number of para-hydroxylation sites is 1. The van der Waals surface area contributed by atoms with Crippen molar-refractivity contribution < 1.29 is 9.59 Å². The molecule has 28 heavy (non-hydrogen) atoms. The van der Waals surface area contributed by atoms with Crippen molar-refractivity contribution in [3.63, 3.8) is 0 Å². The molecule has 1 aliphatic heterocycles. The van der Waals surface area contributed by atoms with Gasteiger partial charge in [-0.2, -0.15) is 0 Å². The van der Waals surface area contributed by atoms with Crippen LogP contribution in [0.4, 0.5) is 22.9 Å². The minimum absolute atomic E-state index is 0.159. The van der Waals surface area contributed by atoms with Gasteiger partial charge < -0.3 is 15.5 Å². The van der Waals surface area contributed by atoms with Gasteiger partial charge in [-0.1, -0.05) is 24.3 Å². The molecule has 0 atom stereocenters. The third kappa shape index (κ3) is 3.71. The summed E-state index contributed by atoms with van der Waals surface area (Å²) in [5.74, 6) is 0.369. The van der Waals surface area contributed by atoms with E-state index < -0.39 is 0 Å². The van der Waals surface area contributed by atoms with Gasteiger partial charge in [0.1, 0.15) is 5.82 Å². The minimum Gasteiger partial charge on any atom is -0.326 e. The molecule has 0 saturated heterocycles. The van der Waals surface area contributed by atoms with Gasteiger partial charge >= 0.3 is 0 Å². The second kappa shape index (κ2) is 7.52. The van der Waals surface area contributed by atoms with Crippen LogP contribution in [-0.4, -0.2) is 23.3 Å². The fraction of sp³-hybridized carbons (Fsp3) is 0.136. The Balaban J connectivity index is 1.54. The molecule has 140 valence electrons. The molecule has 4 rings (SSSR count). The molecule has 6 nitrogen and oxygen atoms in total. The molecule has 2 amide bonds. The highest BCUT2D eigenvalue weighted by molar-refractivity contribution is 6.05. The number of anilines is 4. The van der Waals surface area contributed by atoms with E-state index in [-0.39, 0.29) is 11.8 Å². The number of benzene rings is 2. The number of nitrogens with one attached hydrogen (secondary N) is 2. The Bertz CT molecular complexity index is 1050. The first-order valence-corrected chi connectivity index (χ1v) is 9.11. The number of aromatic nitrogens is 1. The first-order valence-electron chi connectivity index (χ1n) is 9.11. The van der Waals surface area contributed by atoms with E-state index in [2.05, 4.69) is 32.7 Å². The summed E-state index contributed by atoms with van der Waals surface area (Å²) in [6, 6.07) is 18.8. The average molecular weight is 372 g/mol. The standard InChI is InChI=1S/C22H20N4O2/c1-15(27)24-18-6-4-7-19(14-18)25-22(28)17-9-11-23-21(13-17)26-12-10-16-5-2-3-8-20(16)26/h2-9,11,13-14H,10,12H2,1H3,(H,24,27)(H,25,28). The van der Waals surface area contributed by atoms with Crippen LogP contribution in [0.1, 0.15) is 22.8 Å². The molecule has 0 spiro atoms. The predicted molar refractivity (Wildman–Crippen MR) is 110 cm³/mol. The summed E-state index contributed by atoms with van der Waals surface area (Å²) in [5.41, 5.74) is 4.19. The summed E-state index contributed by atoms with van der Waals surface area (Å²) in [5, 5.41) is 5.58. The Labute approximate surface area is 163 Å². The van der Waals surface area contributed by atoms with E-state index in [1.807, 2.05) is 12.1 Å². The second-order valence-electron chi connectivity index (χ2n) is 6.65. The molecule has 0 bridgehead atoms. The molecule has 0 aliphatic carbocycles. The molecular weight excluding hydrogens is 352 g/mol. The van der Waals surface area contributed by atoms with Crippen LogP contribution >= 0.6 is 0 Å². The van der Waals surface area contributed by atoms with Crippen molar-refractivity contribution in [2.45, 2.75) is 13.3 Å². The molecule has 6 heteroatoms. The van der Waals surface area contributed by atoms with Crippen LogP contribution in [0.25, 0.3) is 0 Å². The minimum atomic E-state index is -0.226. The first kappa shape index (κ1) is 17.7. The van der Waals surface area contributed by atoms with Gasteiger partial charge in [0.15, 0.2) is 0 Å². The summed E-state index contributed by atoms with van der Waals surface area (Å²) in [4.78, 5) is 30.5. The lowest BCUT2D eigenvalue weighted by molar-refractivity contribution is -0.114. The number of pyridine rings is 1. The lowest BCUT2D eigenvalue weighted by Crippen LogP contribution is -2.17. The molecule has 0 saturated carbocycles. The monoisotopic (exact) mass is 372 g/mol. The van der Waals surface area contributed by atoms with Crippen molar-refractivity contribution in [2.24, 2.45) is 0 Å². The summed E-state index contributed by atoms with van der Waals surface area (Å²) >= 11 is 0. The third-order valence-corrected chi connectivity index (χ3v) is 4.61. The van der Waals surface area contributed by atoms with E-state index in [0.717, 1.165) is 24.5 Å². The largest absolute Gasteiger partial charge is 0.326 e. The zero-order valence-corrected chi connectivity index (χ0v) is 15.5. The quantitative estimate of drug-likeness (QED) is 0.726. The van der Waals surface area contributed by atoms with Crippen molar-refractivity contribution in [1.82, 2.24) is 4.98 Å². The van der Waals surface area contributed by atoms with Crippen molar-refractivity contribution in [1.29, 1.82) is 0 Å². The van der Waals surface area contributed by atoms with Gasteiger partial charge in [-0.25, -0.2) is 4.98 Å². The summed E-state index contributed by atoms with van der Waals surface area (Å²) in [6.45, 7) is 2.29.